The second-order valence-electron chi connectivity index (χ2n) is 5.81. The summed E-state index contributed by atoms with van der Waals surface area (Å²) in [6, 6.07) is 6.01. The lowest BCUT2D eigenvalue weighted by atomic mass is 9.88. The molecule has 22 heavy (non-hydrogen) atoms. The smallest absolute Gasteiger partial charge is 0.335 e. The van der Waals surface area contributed by atoms with Crippen molar-refractivity contribution >= 4 is 11.9 Å². The Kier molecular flexibility index (Phi) is 5.95. The summed E-state index contributed by atoms with van der Waals surface area (Å²) in [5.41, 5.74) is 0.464. The number of carboxylic acid groups (broad SMARTS) is 1. The summed E-state index contributed by atoms with van der Waals surface area (Å²) in [6.07, 6.45) is 5.08. The average molecular weight is 305 g/mol. The van der Waals surface area contributed by atoms with Gasteiger partial charge in [-0.2, -0.15) is 0 Å². The zero-order valence-electron chi connectivity index (χ0n) is 12.9. The highest BCUT2D eigenvalue weighted by Crippen LogP contribution is 2.25. The minimum absolute atomic E-state index is 0.111. The topological polar surface area (TPSA) is 75.6 Å². The van der Waals surface area contributed by atoms with E-state index in [1.807, 2.05) is 0 Å². The third kappa shape index (κ3) is 4.56. The van der Waals surface area contributed by atoms with Crippen molar-refractivity contribution in [3.05, 3.63) is 35.4 Å². The maximum Gasteiger partial charge on any atom is 0.335 e. The largest absolute Gasteiger partial charge is 0.478 e. The minimum atomic E-state index is -1.04. The van der Waals surface area contributed by atoms with Gasteiger partial charge in [0.2, 0.25) is 0 Å². The summed E-state index contributed by atoms with van der Waals surface area (Å²) in [5.74, 6) is -0.732. The van der Waals surface area contributed by atoms with Crippen LogP contribution in [0.15, 0.2) is 24.3 Å². The molecule has 0 bridgehead atoms. The third-order valence-corrected chi connectivity index (χ3v) is 4.12. The molecule has 0 aromatic heterocycles. The van der Waals surface area contributed by atoms with Gasteiger partial charge in [-0.3, -0.25) is 4.79 Å². The van der Waals surface area contributed by atoms with Crippen molar-refractivity contribution < 1.29 is 19.4 Å². The SMILES string of the molecule is CC1CCCCC1OCCNC(=O)c1cccc(C(=O)O)c1. The molecule has 2 rings (SSSR count). The highest BCUT2D eigenvalue weighted by atomic mass is 16.5. The summed E-state index contributed by atoms with van der Waals surface area (Å²) in [4.78, 5) is 22.9. The predicted octanol–water partition coefficient (Wildman–Crippen LogP) is 2.71. The van der Waals surface area contributed by atoms with Crippen LogP contribution in [-0.4, -0.2) is 36.2 Å². The summed E-state index contributed by atoms with van der Waals surface area (Å²) in [6.45, 7) is 3.12. The Bertz CT molecular complexity index is 529. The van der Waals surface area contributed by atoms with Crippen LogP contribution in [0.2, 0.25) is 0 Å². The van der Waals surface area contributed by atoms with Crippen LogP contribution in [-0.2, 0) is 4.74 Å². The molecule has 0 heterocycles. The highest BCUT2D eigenvalue weighted by Gasteiger charge is 2.21. The van der Waals surface area contributed by atoms with Gasteiger partial charge in [0.15, 0.2) is 0 Å². The van der Waals surface area contributed by atoms with Gasteiger partial charge < -0.3 is 15.2 Å². The quantitative estimate of drug-likeness (QED) is 0.792. The molecule has 5 nitrogen and oxygen atoms in total. The van der Waals surface area contributed by atoms with E-state index >= 15 is 0 Å². The van der Waals surface area contributed by atoms with E-state index in [1.165, 1.54) is 31.4 Å². The van der Waals surface area contributed by atoms with Crippen LogP contribution in [0.4, 0.5) is 0 Å². The van der Waals surface area contributed by atoms with Crippen molar-refractivity contribution in [2.75, 3.05) is 13.2 Å². The minimum Gasteiger partial charge on any atom is -0.478 e. The molecule has 1 aliphatic rings. The molecule has 120 valence electrons. The number of ether oxygens (including phenoxy) is 1. The summed E-state index contributed by atoms with van der Waals surface area (Å²) in [5, 5.41) is 11.7. The van der Waals surface area contributed by atoms with Gasteiger partial charge in [0.1, 0.15) is 0 Å². The van der Waals surface area contributed by atoms with Crippen molar-refractivity contribution in [2.24, 2.45) is 5.92 Å². The number of benzene rings is 1. The Labute approximate surface area is 130 Å². The lowest BCUT2D eigenvalue weighted by molar-refractivity contribution is -0.00294. The van der Waals surface area contributed by atoms with E-state index < -0.39 is 5.97 Å². The van der Waals surface area contributed by atoms with Crippen LogP contribution in [0.5, 0.6) is 0 Å². The molecule has 0 spiro atoms. The first-order chi connectivity index (χ1) is 10.6. The number of nitrogens with one attached hydrogen (secondary N) is 1. The molecule has 1 amide bonds. The molecular weight excluding hydrogens is 282 g/mol. The first-order valence-corrected chi connectivity index (χ1v) is 7.81. The van der Waals surface area contributed by atoms with E-state index in [2.05, 4.69) is 12.2 Å². The summed E-state index contributed by atoms with van der Waals surface area (Å²) < 4.78 is 5.83. The number of hydrogen-bond donors (Lipinski definition) is 2. The van der Waals surface area contributed by atoms with Gasteiger partial charge in [-0.05, 0) is 37.0 Å². The number of carbonyl (C=O) groups excluding carboxylic acids is 1. The van der Waals surface area contributed by atoms with Crippen LogP contribution < -0.4 is 5.32 Å². The molecule has 0 saturated heterocycles. The second-order valence-corrected chi connectivity index (χ2v) is 5.81. The maximum absolute atomic E-state index is 12.0. The first kappa shape index (κ1) is 16.5. The van der Waals surface area contributed by atoms with Crippen molar-refractivity contribution in [2.45, 2.75) is 38.7 Å². The molecule has 0 aliphatic heterocycles. The number of carbonyl (C=O) groups is 2. The number of rotatable bonds is 6. The van der Waals surface area contributed by atoms with E-state index in [0.717, 1.165) is 6.42 Å². The fraction of sp³-hybridized carbons (Fsp3) is 0.529. The Morgan fingerprint density at radius 1 is 1.27 bits per heavy atom. The standard InChI is InChI=1S/C17H23NO4/c1-12-5-2-3-8-15(12)22-10-9-18-16(19)13-6-4-7-14(11-13)17(20)21/h4,6-7,11-12,15H,2-3,5,8-10H2,1H3,(H,18,19)(H,20,21). The van der Waals surface area contributed by atoms with Gasteiger partial charge in [-0.1, -0.05) is 25.8 Å². The van der Waals surface area contributed by atoms with Gasteiger partial charge in [-0.15, -0.1) is 0 Å². The van der Waals surface area contributed by atoms with Crippen molar-refractivity contribution in [1.82, 2.24) is 5.32 Å². The molecule has 1 saturated carbocycles. The van der Waals surface area contributed by atoms with Gasteiger partial charge in [-0.25, -0.2) is 4.79 Å². The molecule has 2 N–H and O–H groups in total. The van der Waals surface area contributed by atoms with Crippen molar-refractivity contribution in [1.29, 1.82) is 0 Å². The zero-order chi connectivity index (χ0) is 15.9. The van der Waals surface area contributed by atoms with Crippen molar-refractivity contribution in [3.8, 4) is 0 Å². The summed E-state index contributed by atoms with van der Waals surface area (Å²) >= 11 is 0. The molecule has 2 unspecified atom stereocenters. The van der Waals surface area contributed by atoms with Gasteiger partial charge >= 0.3 is 5.97 Å². The Balaban J connectivity index is 1.75. The number of carboxylic acids is 1. The van der Waals surface area contributed by atoms with Gasteiger partial charge in [0.25, 0.3) is 5.91 Å². The molecule has 1 aromatic rings. The molecule has 1 fully saturated rings. The Hall–Kier alpha value is -1.88. The van der Waals surface area contributed by atoms with E-state index in [4.69, 9.17) is 9.84 Å². The van der Waals surface area contributed by atoms with E-state index in [1.54, 1.807) is 12.1 Å². The molecule has 1 aromatic carbocycles. The van der Waals surface area contributed by atoms with E-state index in [0.29, 0.717) is 30.7 Å². The molecule has 0 radical (unpaired) electrons. The summed E-state index contributed by atoms with van der Waals surface area (Å²) in [7, 11) is 0. The van der Waals surface area contributed by atoms with Crippen LogP contribution in [0.1, 0.15) is 53.3 Å². The highest BCUT2D eigenvalue weighted by molar-refractivity contribution is 5.97. The lowest BCUT2D eigenvalue weighted by Gasteiger charge is -2.28. The van der Waals surface area contributed by atoms with E-state index in [9.17, 15) is 9.59 Å². The molecule has 5 heteroatoms. The fourth-order valence-electron chi connectivity index (χ4n) is 2.80. The lowest BCUT2D eigenvalue weighted by Crippen LogP contribution is -2.31. The second kappa shape index (κ2) is 7.94. The van der Waals surface area contributed by atoms with Crippen LogP contribution >= 0.6 is 0 Å². The van der Waals surface area contributed by atoms with Gasteiger partial charge in [0, 0.05) is 12.1 Å². The number of aromatic carboxylic acids is 1. The first-order valence-electron chi connectivity index (χ1n) is 7.81. The van der Waals surface area contributed by atoms with Crippen LogP contribution in [0, 0.1) is 5.92 Å². The zero-order valence-corrected chi connectivity index (χ0v) is 12.9. The predicted molar refractivity (Wildman–Crippen MR) is 83.1 cm³/mol. The Morgan fingerprint density at radius 2 is 2.00 bits per heavy atom. The van der Waals surface area contributed by atoms with Gasteiger partial charge in [0.05, 0.1) is 18.3 Å². The maximum atomic E-state index is 12.0. The van der Waals surface area contributed by atoms with E-state index in [-0.39, 0.29) is 11.5 Å². The normalized spacial score (nSPS) is 21.3. The Morgan fingerprint density at radius 3 is 2.73 bits per heavy atom. The molecule has 2 atom stereocenters. The fourth-order valence-corrected chi connectivity index (χ4v) is 2.80. The number of amides is 1. The monoisotopic (exact) mass is 305 g/mol. The average Bonchev–Trinajstić information content (AvgIpc) is 2.53. The number of hydrogen-bond acceptors (Lipinski definition) is 3. The third-order valence-electron chi connectivity index (χ3n) is 4.12. The molecule has 1 aliphatic carbocycles. The van der Waals surface area contributed by atoms with Crippen molar-refractivity contribution in [3.63, 3.8) is 0 Å². The molecular formula is C17H23NO4. The van der Waals surface area contributed by atoms with Crippen LogP contribution in [0.25, 0.3) is 0 Å². The van der Waals surface area contributed by atoms with Crippen LogP contribution in [0.3, 0.4) is 0 Å².